The van der Waals surface area contributed by atoms with E-state index in [9.17, 15) is 0 Å². The number of hydrogen-bond acceptors (Lipinski definition) is 3. The van der Waals surface area contributed by atoms with E-state index in [2.05, 4.69) is 17.3 Å². The molecule has 0 amide bonds. The number of halogens is 2. The van der Waals surface area contributed by atoms with Crippen molar-refractivity contribution in [2.75, 3.05) is 33.3 Å². The van der Waals surface area contributed by atoms with Crippen molar-refractivity contribution in [3.63, 3.8) is 0 Å². The number of rotatable bonds is 5. The van der Waals surface area contributed by atoms with Crippen LogP contribution in [0.4, 0.5) is 0 Å². The summed E-state index contributed by atoms with van der Waals surface area (Å²) in [4.78, 5) is 2.36. The Morgan fingerprint density at radius 1 is 1.39 bits per heavy atom. The van der Waals surface area contributed by atoms with Crippen molar-refractivity contribution >= 4 is 24.0 Å². The Kier molecular flexibility index (Phi) is 6.79. The lowest BCUT2D eigenvalue weighted by Crippen LogP contribution is -2.36. The van der Waals surface area contributed by atoms with Crippen LogP contribution in [0, 0.1) is 0 Å². The molecule has 0 saturated carbocycles. The molecule has 102 valence electrons. The maximum Gasteiger partial charge on any atom is 0.119 e. The van der Waals surface area contributed by atoms with E-state index in [-0.39, 0.29) is 12.4 Å². The molecule has 1 N–H and O–H groups in total. The van der Waals surface area contributed by atoms with Gasteiger partial charge in [0.25, 0.3) is 0 Å². The molecule has 1 aliphatic heterocycles. The second-order valence-electron chi connectivity index (χ2n) is 4.43. The van der Waals surface area contributed by atoms with Crippen LogP contribution in [0.15, 0.2) is 24.3 Å². The third kappa shape index (κ3) is 4.65. The molecule has 1 aromatic rings. The van der Waals surface area contributed by atoms with E-state index >= 15 is 0 Å². The number of benzene rings is 1. The van der Waals surface area contributed by atoms with Crippen LogP contribution in [-0.2, 0) is 0 Å². The quantitative estimate of drug-likeness (QED) is 0.902. The van der Waals surface area contributed by atoms with Gasteiger partial charge in [0.1, 0.15) is 12.4 Å². The van der Waals surface area contributed by atoms with Crippen LogP contribution in [0.25, 0.3) is 0 Å². The Bertz CT molecular complexity index is 339. The van der Waals surface area contributed by atoms with Crippen molar-refractivity contribution in [2.45, 2.75) is 12.5 Å². The van der Waals surface area contributed by atoms with Gasteiger partial charge in [-0.25, -0.2) is 0 Å². The van der Waals surface area contributed by atoms with Gasteiger partial charge in [-0.1, -0.05) is 11.6 Å². The van der Waals surface area contributed by atoms with E-state index in [1.807, 2.05) is 24.3 Å². The third-order valence-electron chi connectivity index (χ3n) is 3.18. The van der Waals surface area contributed by atoms with E-state index < -0.39 is 0 Å². The van der Waals surface area contributed by atoms with Gasteiger partial charge in [0, 0.05) is 24.2 Å². The Balaban J connectivity index is 0.00000162. The molecule has 1 aromatic carbocycles. The molecular weight excluding hydrogens is 271 g/mol. The molecule has 18 heavy (non-hydrogen) atoms. The molecule has 1 heterocycles. The second-order valence-corrected chi connectivity index (χ2v) is 4.87. The van der Waals surface area contributed by atoms with Crippen LogP contribution in [0.1, 0.15) is 6.42 Å². The van der Waals surface area contributed by atoms with Gasteiger partial charge < -0.3 is 10.1 Å². The van der Waals surface area contributed by atoms with Crippen LogP contribution in [-0.4, -0.2) is 44.2 Å². The highest BCUT2D eigenvalue weighted by Gasteiger charge is 2.18. The van der Waals surface area contributed by atoms with Gasteiger partial charge in [-0.05, 0) is 44.3 Å². The highest BCUT2D eigenvalue weighted by molar-refractivity contribution is 6.30. The lowest BCUT2D eigenvalue weighted by molar-refractivity contribution is 0.199. The fraction of sp³-hybridized carbons (Fsp3) is 0.538. The van der Waals surface area contributed by atoms with Crippen molar-refractivity contribution in [1.82, 2.24) is 10.2 Å². The first-order valence-corrected chi connectivity index (χ1v) is 6.43. The largest absolute Gasteiger partial charge is 0.492 e. The summed E-state index contributed by atoms with van der Waals surface area (Å²) in [6.45, 7) is 3.90. The van der Waals surface area contributed by atoms with Crippen molar-refractivity contribution in [2.24, 2.45) is 0 Å². The zero-order chi connectivity index (χ0) is 12.1. The molecule has 0 aliphatic carbocycles. The summed E-state index contributed by atoms with van der Waals surface area (Å²) < 4.78 is 5.67. The van der Waals surface area contributed by atoms with Gasteiger partial charge in [0.15, 0.2) is 0 Å². The highest BCUT2D eigenvalue weighted by Crippen LogP contribution is 2.15. The SMILES string of the molecule is CN(CCOc1ccc(Cl)cc1)C1CCNC1.Cl. The lowest BCUT2D eigenvalue weighted by atomic mass is 10.2. The van der Waals surface area contributed by atoms with Crippen molar-refractivity contribution in [1.29, 1.82) is 0 Å². The molecule has 1 fully saturated rings. The molecule has 2 rings (SSSR count). The van der Waals surface area contributed by atoms with Gasteiger partial charge in [-0.3, -0.25) is 4.90 Å². The number of ether oxygens (including phenoxy) is 1. The van der Waals surface area contributed by atoms with E-state index in [1.54, 1.807) is 0 Å². The van der Waals surface area contributed by atoms with Crippen molar-refractivity contribution in [3.05, 3.63) is 29.3 Å². The van der Waals surface area contributed by atoms with Gasteiger partial charge in [-0.2, -0.15) is 0 Å². The molecule has 0 bridgehead atoms. The van der Waals surface area contributed by atoms with Crippen LogP contribution in [0.3, 0.4) is 0 Å². The molecule has 0 aromatic heterocycles. The summed E-state index contributed by atoms with van der Waals surface area (Å²) in [5, 5.41) is 4.11. The van der Waals surface area contributed by atoms with Crippen molar-refractivity contribution < 1.29 is 4.74 Å². The zero-order valence-electron chi connectivity index (χ0n) is 10.6. The molecule has 1 aliphatic rings. The molecule has 0 spiro atoms. The number of nitrogens with one attached hydrogen (secondary N) is 1. The van der Waals surface area contributed by atoms with E-state index in [1.165, 1.54) is 6.42 Å². The summed E-state index contributed by atoms with van der Waals surface area (Å²) in [5.74, 6) is 0.882. The van der Waals surface area contributed by atoms with E-state index in [0.717, 1.165) is 30.4 Å². The number of hydrogen-bond donors (Lipinski definition) is 1. The maximum atomic E-state index is 5.81. The first kappa shape index (κ1) is 15.6. The fourth-order valence-corrected chi connectivity index (χ4v) is 2.16. The smallest absolute Gasteiger partial charge is 0.119 e. The standard InChI is InChI=1S/C13H19ClN2O.ClH/c1-16(12-6-7-15-10-12)8-9-17-13-4-2-11(14)3-5-13;/h2-5,12,15H,6-10H2,1H3;1H. The Morgan fingerprint density at radius 3 is 2.72 bits per heavy atom. The minimum atomic E-state index is 0. The van der Waals surface area contributed by atoms with Crippen LogP contribution in [0.5, 0.6) is 5.75 Å². The number of likely N-dealkylation sites (N-methyl/N-ethyl adjacent to an activating group) is 1. The Morgan fingerprint density at radius 2 is 2.11 bits per heavy atom. The topological polar surface area (TPSA) is 24.5 Å². The van der Waals surface area contributed by atoms with Gasteiger partial charge in [0.2, 0.25) is 0 Å². The summed E-state index contributed by atoms with van der Waals surface area (Å²) in [7, 11) is 2.16. The average Bonchev–Trinajstić information content (AvgIpc) is 2.85. The summed E-state index contributed by atoms with van der Waals surface area (Å²) >= 11 is 5.81. The van der Waals surface area contributed by atoms with Crippen LogP contribution < -0.4 is 10.1 Å². The molecular formula is C13H20Cl2N2O. The van der Waals surface area contributed by atoms with Crippen molar-refractivity contribution in [3.8, 4) is 5.75 Å². The second kappa shape index (κ2) is 7.85. The maximum absolute atomic E-state index is 5.81. The van der Waals surface area contributed by atoms with Crippen LogP contribution in [0.2, 0.25) is 5.02 Å². The lowest BCUT2D eigenvalue weighted by Gasteiger charge is -2.23. The van der Waals surface area contributed by atoms with Gasteiger partial charge >= 0.3 is 0 Å². The molecule has 1 unspecified atom stereocenters. The summed E-state index contributed by atoms with van der Waals surface area (Å²) in [6, 6.07) is 8.16. The normalized spacial score (nSPS) is 18.7. The monoisotopic (exact) mass is 290 g/mol. The predicted octanol–water partition coefficient (Wildman–Crippen LogP) is 2.43. The number of nitrogens with zero attached hydrogens (tertiary/aromatic N) is 1. The molecule has 3 nitrogen and oxygen atoms in total. The predicted molar refractivity (Wildman–Crippen MR) is 78.1 cm³/mol. The van der Waals surface area contributed by atoms with Gasteiger partial charge in [0.05, 0.1) is 0 Å². The first-order chi connectivity index (χ1) is 8.25. The molecule has 1 saturated heterocycles. The van der Waals surface area contributed by atoms with E-state index in [0.29, 0.717) is 12.6 Å². The van der Waals surface area contributed by atoms with Gasteiger partial charge in [-0.15, -0.1) is 12.4 Å². The zero-order valence-corrected chi connectivity index (χ0v) is 12.1. The van der Waals surface area contributed by atoms with Crippen LogP contribution >= 0.6 is 24.0 Å². The molecule has 0 radical (unpaired) electrons. The fourth-order valence-electron chi connectivity index (χ4n) is 2.04. The Labute approximate surface area is 120 Å². The minimum Gasteiger partial charge on any atom is -0.492 e. The highest BCUT2D eigenvalue weighted by atomic mass is 35.5. The summed E-state index contributed by atoms with van der Waals surface area (Å²) in [5.41, 5.74) is 0. The minimum absolute atomic E-state index is 0. The van der Waals surface area contributed by atoms with E-state index in [4.69, 9.17) is 16.3 Å². The Hall–Kier alpha value is -0.480. The molecule has 1 atom stereocenters. The molecule has 5 heteroatoms. The average molecular weight is 291 g/mol. The summed E-state index contributed by atoms with van der Waals surface area (Å²) in [6.07, 6.45) is 1.23. The first-order valence-electron chi connectivity index (χ1n) is 6.05. The third-order valence-corrected chi connectivity index (χ3v) is 3.44.